The number of piperidine rings is 1. The van der Waals surface area contributed by atoms with E-state index in [4.69, 9.17) is 5.26 Å². The fourth-order valence-corrected chi connectivity index (χ4v) is 2.95. The molecule has 2 atom stereocenters. The number of aryl methyl sites for hydroxylation is 1. The minimum atomic E-state index is 0.277. The Morgan fingerprint density at radius 1 is 1.28 bits per heavy atom. The second kappa shape index (κ2) is 7.85. The zero-order valence-electron chi connectivity index (χ0n) is 14.5. The first-order chi connectivity index (χ1) is 12.1. The number of nitriles is 1. The molecule has 0 saturated carbocycles. The Bertz CT molecular complexity index is 752. The summed E-state index contributed by atoms with van der Waals surface area (Å²) in [6.07, 6.45) is 5.28. The molecular formula is C17H22N8. The zero-order valence-corrected chi connectivity index (χ0v) is 14.5. The van der Waals surface area contributed by atoms with Crippen molar-refractivity contribution >= 4 is 17.3 Å². The van der Waals surface area contributed by atoms with Crippen LogP contribution < -0.4 is 16.0 Å². The van der Waals surface area contributed by atoms with E-state index in [1.54, 1.807) is 0 Å². The lowest BCUT2D eigenvalue weighted by molar-refractivity contribution is 0.327. The number of aromatic nitrogens is 4. The van der Waals surface area contributed by atoms with Gasteiger partial charge in [-0.15, -0.1) is 5.10 Å². The molecule has 2 aromatic rings. The number of nitrogens with one attached hydrogen (secondary N) is 3. The quantitative estimate of drug-likeness (QED) is 0.759. The molecule has 8 nitrogen and oxygen atoms in total. The van der Waals surface area contributed by atoms with E-state index in [0.29, 0.717) is 23.6 Å². The van der Waals surface area contributed by atoms with Gasteiger partial charge in [0.1, 0.15) is 11.9 Å². The van der Waals surface area contributed by atoms with Crippen molar-refractivity contribution in [3.8, 4) is 6.07 Å². The second-order valence-electron chi connectivity index (χ2n) is 6.38. The minimum absolute atomic E-state index is 0.277. The van der Waals surface area contributed by atoms with Crippen LogP contribution in [0.25, 0.3) is 0 Å². The number of nitrogens with zero attached hydrogens (tertiary/aromatic N) is 5. The molecular weight excluding hydrogens is 316 g/mol. The normalized spacial score (nSPS) is 19.9. The number of hydrogen-bond donors (Lipinski definition) is 3. The van der Waals surface area contributed by atoms with E-state index >= 15 is 0 Å². The van der Waals surface area contributed by atoms with Gasteiger partial charge in [0, 0.05) is 18.7 Å². The van der Waals surface area contributed by atoms with Crippen molar-refractivity contribution < 1.29 is 0 Å². The topological polar surface area (TPSA) is 111 Å². The van der Waals surface area contributed by atoms with Crippen LogP contribution in [0.5, 0.6) is 0 Å². The standard InChI is InChI=1S/C17H22N8/c1-11-5-13(3-4-19-11)8-21-15-6-16(25-24-12(15)2)23-17-10-20-14(7-18)9-22-17/h6,9-11,13,19H,3-5,8H2,1-2H3,(H2,21,22,23,25). The molecule has 0 bridgehead atoms. The van der Waals surface area contributed by atoms with E-state index in [1.807, 2.05) is 19.1 Å². The average Bonchev–Trinajstić information content (AvgIpc) is 2.63. The van der Waals surface area contributed by atoms with E-state index in [1.165, 1.54) is 25.2 Å². The SMILES string of the molecule is Cc1nnc(Nc2cnc(C#N)cn2)cc1NCC1CCNC(C)C1. The summed E-state index contributed by atoms with van der Waals surface area (Å²) in [5.41, 5.74) is 2.10. The van der Waals surface area contributed by atoms with E-state index in [2.05, 4.69) is 43.0 Å². The summed E-state index contributed by atoms with van der Waals surface area (Å²) in [4.78, 5) is 8.12. The molecule has 3 rings (SSSR count). The van der Waals surface area contributed by atoms with E-state index in [0.717, 1.165) is 24.5 Å². The highest BCUT2D eigenvalue weighted by molar-refractivity contribution is 5.59. The molecule has 0 amide bonds. The van der Waals surface area contributed by atoms with Crippen molar-refractivity contribution in [2.24, 2.45) is 5.92 Å². The van der Waals surface area contributed by atoms with Crippen molar-refractivity contribution in [1.82, 2.24) is 25.5 Å². The molecule has 0 aromatic carbocycles. The number of anilines is 3. The zero-order chi connectivity index (χ0) is 17.6. The van der Waals surface area contributed by atoms with Crippen molar-refractivity contribution in [3.05, 3.63) is 29.8 Å². The van der Waals surface area contributed by atoms with Gasteiger partial charge in [0.25, 0.3) is 0 Å². The van der Waals surface area contributed by atoms with Gasteiger partial charge in [-0.25, -0.2) is 9.97 Å². The maximum Gasteiger partial charge on any atom is 0.158 e. The second-order valence-corrected chi connectivity index (χ2v) is 6.38. The lowest BCUT2D eigenvalue weighted by atomic mass is 9.93. The molecule has 8 heteroatoms. The van der Waals surface area contributed by atoms with Gasteiger partial charge in [0.2, 0.25) is 0 Å². The van der Waals surface area contributed by atoms with Gasteiger partial charge < -0.3 is 16.0 Å². The van der Waals surface area contributed by atoms with Crippen molar-refractivity contribution in [1.29, 1.82) is 5.26 Å². The van der Waals surface area contributed by atoms with Gasteiger partial charge in [-0.2, -0.15) is 10.4 Å². The first-order valence-electron chi connectivity index (χ1n) is 8.45. The first kappa shape index (κ1) is 17.0. The highest BCUT2D eigenvalue weighted by atomic mass is 15.2. The molecule has 0 aliphatic carbocycles. The van der Waals surface area contributed by atoms with Crippen LogP contribution in [0.2, 0.25) is 0 Å². The van der Waals surface area contributed by atoms with Gasteiger partial charge in [-0.05, 0) is 39.2 Å². The fraction of sp³-hybridized carbons (Fsp3) is 0.471. The lowest BCUT2D eigenvalue weighted by Gasteiger charge is -2.28. The molecule has 2 aromatic heterocycles. The summed E-state index contributed by atoms with van der Waals surface area (Å²) in [5.74, 6) is 1.77. The van der Waals surface area contributed by atoms with Crippen LogP contribution in [0, 0.1) is 24.2 Å². The highest BCUT2D eigenvalue weighted by Crippen LogP contribution is 2.21. The Labute approximate surface area is 147 Å². The maximum atomic E-state index is 8.76. The van der Waals surface area contributed by atoms with E-state index in [9.17, 15) is 0 Å². The Hall–Kier alpha value is -2.79. The first-order valence-corrected chi connectivity index (χ1v) is 8.45. The van der Waals surface area contributed by atoms with Gasteiger partial charge in [0.05, 0.1) is 23.8 Å². The third kappa shape index (κ3) is 4.61. The van der Waals surface area contributed by atoms with Crippen LogP contribution in [0.15, 0.2) is 18.5 Å². The summed E-state index contributed by atoms with van der Waals surface area (Å²) >= 11 is 0. The van der Waals surface area contributed by atoms with Crippen LogP contribution in [-0.4, -0.2) is 39.3 Å². The summed E-state index contributed by atoms with van der Waals surface area (Å²) in [6, 6.07) is 4.44. The van der Waals surface area contributed by atoms with Crippen LogP contribution in [0.3, 0.4) is 0 Å². The van der Waals surface area contributed by atoms with Crippen LogP contribution >= 0.6 is 0 Å². The number of hydrogen-bond acceptors (Lipinski definition) is 8. The summed E-state index contributed by atoms with van der Waals surface area (Å²) in [5, 5.41) is 27.1. The third-order valence-corrected chi connectivity index (χ3v) is 4.31. The van der Waals surface area contributed by atoms with E-state index in [-0.39, 0.29) is 5.69 Å². The van der Waals surface area contributed by atoms with Crippen LogP contribution in [-0.2, 0) is 0 Å². The third-order valence-electron chi connectivity index (χ3n) is 4.31. The molecule has 130 valence electrons. The average molecular weight is 338 g/mol. The maximum absolute atomic E-state index is 8.76. The van der Waals surface area contributed by atoms with E-state index < -0.39 is 0 Å². The van der Waals surface area contributed by atoms with Gasteiger partial charge >= 0.3 is 0 Å². The molecule has 1 aliphatic heterocycles. The Balaban J connectivity index is 1.64. The van der Waals surface area contributed by atoms with Crippen LogP contribution in [0.4, 0.5) is 17.3 Å². The summed E-state index contributed by atoms with van der Waals surface area (Å²) in [7, 11) is 0. The monoisotopic (exact) mass is 338 g/mol. The molecule has 3 N–H and O–H groups in total. The smallest absolute Gasteiger partial charge is 0.158 e. The molecule has 0 radical (unpaired) electrons. The Morgan fingerprint density at radius 3 is 2.88 bits per heavy atom. The summed E-state index contributed by atoms with van der Waals surface area (Å²) in [6.45, 7) is 6.16. The van der Waals surface area contributed by atoms with Gasteiger partial charge in [-0.3, -0.25) is 0 Å². The predicted molar refractivity (Wildman–Crippen MR) is 95.5 cm³/mol. The molecule has 25 heavy (non-hydrogen) atoms. The molecule has 1 saturated heterocycles. The van der Waals surface area contributed by atoms with Gasteiger partial charge in [-0.1, -0.05) is 0 Å². The summed E-state index contributed by atoms with van der Waals surface area (Å²) < 4.78 is 0. The molecule has 3 heterocycles. The fourth-order valence-electron chi connectivity index (χ4n) is 2.95. The van der Waals surface area contributed by atoms with Crippen LogP contribution in [0.1, 0.15) is 31.2 Å². The number of rotatable bonds is 5. The lowest BCUT2D eigenvalue weighted by Crippen LogP contribution is -2.38. The molecule has 1 fully saturated rings. The highest BCUT2D eigenvalue weighted by Gasteiger charge is 2.18. The minimum Gasteiger partial charge on any atom is -0.383 e. The van der Waals surface area contributed by atoms with Crippen molar-refractivity contribution in [3.63, 3.8) is 0 Å². The Morgan fingerprint density at radius 2 is 2.16 bits per heavy atom. The molecule has 1 aliphatic rings. The Kier molecular flexibility index (Phi) is 5.36. The predicted octanol–water partition coefficient (Wildman–Crippen LogP) is 1.99. The van der Waals surface area contributed by atoms with Gasteiger partial charge in [0.15, 0.2) is 11.5 Å². The van der Waals surface area contributed by atoms with Crippen molar-refractivity contribution in [2.75, 3.05) is 23.7 Å². The molecule has 2 unspecified atom stereocenters. The van der Waals surface area contributed by atoms with Crippen molar-refractivity contribution in [2.45, 2.75) is 32.7 Å². The molecule has 0 spiro atoms. The largest absolute Gasteiger partial charge is 0.383 e.